The summed E-state index contributed by atoms with van der Waals surface area (Å²) in [6.07, 6.45) is -1.09. The smallest absolute Gasteiger partial charge is 0.312 e. The SMILES string of the molecule is COC(=O)[C@@H]1C(O)[C@@H](C(=O)OC)[C@H](C)N(C)[C@@H]1C. The van der Waals surface area contributed by atoms with E-state index < -0.39 is 29.9 Å². The van der Waals surface area contributed by atoms with Crippen molar-refractivity contribution < 1.29 is 24.2 Å². The first-order chi connectivity index (χ1) is 8.36. The van der Waals surface area contributed by atoms with E-state index in [1.54, 1.807) is 0 Å². The van der Waals surface area contributed by atoms with Crippen LogP contribution in [0.25, 0.3) is 0 Å². The number of rotatable bonds is 2. The van der Waals surface area contributed by atoms with Crippen LogP contribution in [0.15, 0.2) is 0 Å². The summed E-state index contributed by atoms with van der Waals surface area (Å²) in [5.41, 5.74) is 0. The number of aliphatic hydroxyl groups excluding tert-OH is 1. The van der Waals surface area contributed by atoms with Crippen LogP contribution >= 0.6 is 0 Å². The molecule has 1 rings (SSSR count). The molecule has 0 aromatic rings. The Hall–Kier alpha value is -1.14. The summed E-state index contributed by atoms with van der Waals surface area (Å²) >= 11 is 0. The van der Waals surface area contributed by atoms with Crippen LogP contribution in [0.5, 0.6) is 0 Å². The van der Waals surface area contributed by atoms with Crippen LogP contribution in [0.4, 0.5) is 0 Å². The van der Waals surface area contributed by atoms with Crippen molar-refractivity contribution in [2.75, 3.05) is 21.3 Å². The first-order valence-corrected chi connectivity index (χ1v) is 5.92. The summed E-state index contributed by atoms with van der Waals surface area (Å²) in [6, 6.07) is -0.410. The minimum Gasteiger partial charge on any atom is -0.469 e. The van der Waals surface area contributed by atoms with Crippen molar-refractivity contribution >= 4 is 11.9 Å². The summed E-state index contributed by atoms with van der Waals surface area (Å²) in [5.74, 6) is -2.52. The van der Waals surface area contributed by atoms with E-state index in [1.165, 1.54) is 14.2 Å². The highest BCUT2D eigenvalue weighted by Gasteiger charge is 2.50. The lowest BCUT2D eigenvalue weighted by Crippen LogP contribution is -2.62. The predicted octanol–water partition coefficient (Wildman–Crippen LogP) is -0.352. The standard InChI is InChI=1S/C12H21NO5/c1-6-8(11(15)17-4)10(14)9(12(16)18-5)7(2)13(6)3/h6-10,14H,1-5H3/t6-,7+,8-,9-,10?/m0/s1. The molecule has 0 spiro atoms. The number of methoxy groups -OCH3 is 2. The molecule has 0 aromatic carbocycles. The topological polar surface area (TPSA) is 76.1 Å². The molecule has 5 atom stereocenters. The van der Waals surface area contributed by atoms with Gasteiger partial charge < -0.3 is 14.6 Å². The van der Waals surface area contributed by atoms with Crippen molar-refractivity contribution in [2.24, 2.45) is 11.8 Å². The molecule has 1 unspecified atom stereocenters. The molecule has 0 radical (unpaired) electrons. The van der Waals surface area contributed by atoms with Gasteiger partial charge in [-0.25, -0.2) is 0 Å². The van der Waals surface area contributed by atoms with Gasteiger partial charge in [-0.05, 0) is 20.9 Å². The Morgan fingerprint density at radius 1 is 1.00 bits per heavy atom. The number of nitrogens with zero attached hydrogens (tertiary/aromatic N) is 1. The summed E-state index contributed by atoms with van der Waals surface area (Å²) in [7, 11) is 4.35. The van der Waals surface area contributed by atoms with Gasteiger partial charge in [0.15, 0.2) is 0 Å². The monoisotopic (exact) mass is 259 g/mol. The number of piperidine rings is 1. The van der Waals surface area contributed by atoms with Crippen LogP contribution in [0.3, 0.4) is 0 Å². The third kappa shape index (κ3) is 2.35. The van der Waals surface area contributed by atoms with Gasteiger partial charge in [-0.1, -0.05) is 0 Å². The zero-order chi connectivity index (χ0) is 14.0. The maximum Gasteiger partial charge on any atom is 0.312 e. The maximum absolute atomic E-state index is 11.7. The highest BCUT2D eigenvalue weighted by atomic mass is 16.5. The zero-order valence-electron chi connectivity index (χ0n) is 11.4. The van der Waals surface area contributed by atoms with Gasteiger partial charge in [0.2, 0.25) is 0 Å². The Labute approximate surface area is 107 Å². The van der Waals surface area contributed by atoms with E-state index in [1.807, 2.05) is 25.8 Å². The molecule has 1 fully saturated rings. The molecule has 0 aromatic heterocycles. The number of aliphatic hydroxyl groups is 1. The number of carbonyl (C=O) groups is 2. The highest BCUT2D eigenvalue weighted by molar-refractivity contribution is 5.79. The fraction of sp³-hybridized carbons (Fsp3) is 0.833. The lowest BCUT2D eigenvalue weighted by Gasteiger charge is -2.46. The van der Waals surface area contributed by atoms with Gasteiger partial charge in [0.25, 0.3) is 0 Å². The van der Waals surface area contributed by atoms with Crippen LogP contribution in [0.2, 0.25) is 0 Å². The van der Waals surface area contributed by atoms with Gasteiger partial charge in [-0.2, -0.15) is 0 Å². The Balaban J connectivity index is 3.07. The third-order valence-corrected chi connectivity index (χ3v) is 4.01. The van der Waals surface area contributed by atoms with E-state index in [0.29, 0.717) is 0 Å². The van der Waals surface area contributed by atoms with Gasteiger partial charge in [0, 0.05) is 12.1 Å². The lowest BCUT2D eigenvalue weighted by molar-refractivity contribution is -0.173. The molecule has 6 heteroatoms. The summed E-state index contributed by atoms with van der Waals surface area (Å²) in [5, 5.41) is 10.3. The van der Waals surface area contributed by atoms with E-state index in [9.17, 15) is 14.7 Å². The lowest BCUT2D eigenvalue weighted by atomic mass is 9.77. The minimum absolute atomic E-state index is 0.205. The van der Waals surface area contributed by atoms with Gasteiger partial charge in [0.1, 0.15) is 0 Å². The third-order valence-electron chi connectivity index (χ3n) is 4.01. The van der Waals surface area contributed by atoms with Gasteiger partial charge in [0.05, 0.1) is 32.2 Å². The number of esters is 2. The second kappa shape index (κ2) is 5.67. The quantitative estimate of drug-likeness (QED) is 0.683. The fourth-order valence-corrected chi connectivity index (χ4v) is 2.62. The average molecular weight is 259 g/mol. The molecule has 0 amide bonds. The van der Waals surface area contributed by atoms with Crippen LogP contribution in [-0.4, -0.2) is 61.4 Å². The van der Waals surface area contributed by atoms with Gasteiger partial charge >= 0.3 is 11.9 Å². The van der Waals surface area contributed by atoms with Crippen LogP contribution in [0.1, 0.15) is 13.8 Å². The van der Waals surface area contributed by atoms with E-state index in [4.69, 9.17) is 9.47 Å². The van der Waals surface area contributed by atoms with Crippen molar-refractivity contribution in [3.8, 4) is 0 Å². The summed E-state index contributed by atoms with van der Waals surface area (Å²) in [6.45, 7) is 3.66. The highest BCUT2D eigenvalue weighted by Crippen LogP contribution is 2.33. The van der Waals surface area contributed by atoms with Crippen LogP contribution < -0.4 is 0 Å². The number of ether oxygens (including phenoxy) is 2. The maximum atomic E-state index is 11.7. The summed E-state index contributed by atoms with van der Waals surface area (Å²) < 4.78 is 9.40. The number of hydrogen-bond acceptors (Lipinski definition) is 6. The molecule has 6 nitrogen and oxygen atoms in total. The number of likely N-dealkylation sites (tertiary alicyclic amines) is 1. The Bertz CT molecular complexity index is 302. The Morgan fingerprint density at radius 3 is 1.61 bits per heavy atom. The Kier molecular flexibility index (Phi) is 4.70. The van der Waals surface area contributed by atoms with E-state index in [2.05, 4.69) is 0 Å². The first kappa shape index (κ1) is 14.9. The molecule has 1 N–H and O–H groups in total. The van der Waals surface area contributed by atoms with E-state index in [0.717, 1.165) is 0 Å². The van der Waals surface area contributed by atoms with Crippen molar-refractivity contribution in [1.29, 1.82) is 0 Å². The second-order valence-corrected chi connectivity index (χ2v) is 4.74. The second-order valence-electron chi connectivity index (χ2n) is 4.74. The average Bonchev–Trinajstić information content (AvgIpc) is 2.35. The zero-order valence-corrected chi connectivity index (χ0v) is 11.4. The van der Waals surface area contributed by atoms with Crippen molar-refractivity contribution in [1.82, 2.24) is 4.90 Å². The molecule has 1 aliphatic rings. The molecule has 104 valence electrons. The normalized spacial score (nSPS) is 37.1. The van der Waals surface area contributed by atoms with E-state index >= 15 is 0 Å². The minimum atomic E-state index is -1.09. The van der Waals surface area contributed by atoms with Gasteiger partial charge in [-0.15, -0.1) is 0 Å². The molecule has 0 saturated carbocycles. The van der Waals surface area contributed by atoms with Crippen LogP contribution in [-0.2, 0) is 19.1 Å². The van der Waals surface area contributed by atoms with Crippen molar-refractivity contribution in [3.63, 3.8) is 0 Å². The molecule has 1 saturated heterocycles. The van der Waals surface area contributed by atoms with Crippen molar-refractivity contribution in [3.05, 3.63) is 0 Å². The molecule has 0 aliphatic carbocycles. The number of carbonyl (C=O) groups excluding carboxylic acids is 2. The number of hydrogen-bond donors (Lipinski definition) is 1. The van der Waals surface area contributed by atoms with Gasteiger partial charge in [-0.3, -0.25) is 14.5 Å². The molecular formula is C12H21NO5. The van der Waals surface area contributed by atoms with Crippen LogP contribution in [0, 0.1) is 11.8 Å². The molecule has 1 heterocycles. The molecule has 18 heavy (non-hydrogen) atoms. The predicted molar refractivity (Wildman–Crippen MR) is 63.7 cm³/mol. The summed E-state index contributed by atoms with van der Waals surface area (Å²) in [4.78, 5) is 25.4. The fourth-order valence-electron chi connectivity index (χ4n) is 2.62. The largest absolute Gasteiger partial charge is 0.469 e. The van der Waals surface area contributed by atoms with E-state index in [-0.39, 0.29) is 12.1 Å². The molecule has 1 aliphatic heterocycles. The molecular weight excluding hydrogens is 238 g/mol. The molecule has 0 bridgehead atoms. The van der Waals surface area contributed by atoms with Crippen molar-refractivity contribution in [2.45, 2.75) is 32.0 Å². The first-order valence-electron chi connectivity index (χ1n) is 5.92. The Morgan fingerprint density at radius 2 is 1.33 bits per heavy atom.